The first-order valence-corrected chi connectivity index (χ1v) is 9.87. The van der Waals surface area contributed by atoms with Gasteiger partial charge >= 0.3 is 0 Å². The number of aromatic nitrogens is 2. The van der Waals surface area contributed by atoms with Gasteiger partial charge in [-0.15, -0.1) is 10.2 Å². The highest BCUT2D eigenvalue weighted by Gasteiger charge is 2.15. The normalized spacial score (nSPS) is 11.6. The number of hydrogen-bond donors (Lipinski definition) is 2. The average Bonchev–Trinajstić information content (AvgIpc) is 3.18. The van der Waals surface area contributed by atoms with Crippen molar-refractivity contribution in [3.05, 3.63) is 75.7 Å². The Kier molecular flexibility index (Phi) is 6.49. The molecule has 1 heterocycles. The number of anilines is 1. The van der Waals surface area contributed by atoms with Crippen LogP contribution in [-0.2, 0) is 11.2 Å². The predicted octanol–water partition coefficient (Wildman–Crippen LogP) is 3.91. The number of carbonyl (C=O) groups is 2. The smallest absolute Gasteiger partial charge is 0.286 e. The minimum absolute atomic E-state index is 0.0565. The fourth-order valence-electron chi connectivity index (χ4n) is 2.63. The molecule has 144 valence electrons. The van der Waals surface area contributed by atoms with Crippen molar-refractivity contribution in [1.29, 1.82) is 0 Å². The lowest BCUT2D eigenvalue weighted by Crippen LogP contribution is -2.26. The van der Waals surface area contributed by atoms with Gasteiger partial charge in [-0.05, 0) is 31.5 Å². The summed E-state index contributed by atoms with van der Waals surface area (Å²) in [5, 5.41) is 14.7. The molecule has 0 aliphatic rings. The summed E-state index contributed by atoms with van der Waals surface area (Å²) in [5.74, 6) is -0.355. The fraction of sp³-hybridized carbons (Fsp3) is 0.238. The van der Waals surface area contributed by atoms with Gasteiger partial charge in [-0.1, -0.05) is 59.4 Å². The SMILES string of the molecule is Cc1ccc(NC(=O)c2nnc(CCC(=O)N[C@H](C)c3ccccc3)s2)cc1. The maximum atomic E-state index is 12.3. The molecule has 3 rings (SSSR count). The molecule has 0 fully saturated rings. The number of hydrogen-bond acceptors (Lipinski definition) is 5. The van der Waals surface area contributed by atoms with Crippen LogP contribution in [-0.4, -0.2) is 22.0 Å². The summed E-state index contributed by atoms with van der Waals surface area (Å²) in [6.45, 7) is 3.94. The van der Waals surface area contributed by atoms with Crippen molar-refractivity contribution < 1.29 is 9.59 Å². The maximum Gasteiger partial charge on any atom is 0.286 e. The van der Waals surface area contributed by atoms with E-state index in [0.29, 0.717) is 23.5 Å². The zero-order valence-corrected chi connectivity index (χ0v) is 16.6. The van der Waals surface area contributed by atoms with Gasteiger partial charge in [0.15, 0.2) is 0 Å². The topological polar surface area (TPSA) is 84.0 Å². The summed E-state index contributed by atoms with van der Waals surface area (Å²) < 4.78 is 0. The van der Waals surface area contributed by atoms with Crippen LogP contribution in [0.1, 0.15) is 45.3 Å². The second kappa shape index (κ2) is 9.23. The number of rotatable bonds is 7. The average molecular weight is 395 g/mol. The molecule has 7 heteroatoms. The van der Waals surface area contributed by atoms with Crippen LogP contribution in [0.15, 0.2) is 54.6 Å². The van der Waals surface area contributed by atoms with Crippen molar-refractivity contribution in [2.24, 2.45) is 0 Å². The lowest BCUT2D eigenvalue weighted by atomic mass is 10.1. The van der Waals surface area contributed by atoms with Gasteiger partial charge in [-0.25, -0.2) is 0 Å². The highest BCUT2D eigenvalue weighted by molar-refractivity contribution is 7.13. The molecule has 1 atom stereocenters. The van der Waals surface area contributed by atoms with E-state index < -0.39 is 0 Å². The molecule has 3 aromatic rings. The monoisotopic (exact) mass is 394 g/mol. The first-order valence-electron chi connectivity index (χ1n) is 9.06. The molecule has 2 N–H and O–H groups in total. The Morgan fingerprint density at radius 1 is 1.04 bits per heavy atom. The van der Waals surface area contributed by atoms with Crippen LogP contribution >= 0.6 is 11.3 Å². The lowest BCUT2D eigenvalue weighted by Gasteiger charge is -2.13. The molecular formula is C21H22N4O2S. The first kappa shape index (κ1) is 19.7. The molecule has 0 aliphatic carbocycles. The first-order chi connectivity index (χ1) is 13.5. The zero-order chi connectivity index (χ0) is 19.9. The van der Waals surface area contributed by atoms with Gasteiger partial charge in [-0.3, -0.25) is 9.59 Å². The molecule has 0 bridgehead atoms. The molecular weight excluding hydrogens is 372 g/mol. The molecule has 2 amide bonds. The van der Waals surface area contributed by atoms with Crippen LogP contribution in [0.3, 0.4) is 0 Å². The minimum Gasteiger partial charge on any atom is -0.350 e. The molecule has 28 heavy (non-hydrogen) atoms. The van der Waals surface area contributed by atoms with E-state index in [-0.39, 0.29) is 22.9 Å². The van der Waals surface area contributed by atoms with Gasteiger partial charge in [0.05, 0.1) is 6.04 Å². The summed E-state index contributed by atoms with van der Waals surface area (Å²) in [6, 6.07) is 17.3. The molecule has 0 saturated heterocycles. The van der Waals surface area contributed by atoms with E-state index in [1.807, 2.05) is 68.4 Å². The van der Waals surface area contributed by atoms with E-state index in [1.54, 1.807) is 0 Å². The van der Waals surface area contributed by atoms with Crippen LogP contribution in [0.2, 0.25) is 0 Å². The largest absolute Gasteiger partial charge is 0.350 e. The van der Waals surface area contributed by atoms with Crippen LogP contribution in [0.5, 0.6) is 0 Å². The van der Waals surface area contributed by atoms with Crippen LogP contribution in [0.4, 0.5) is 5.69 Å². The van der Waals surface area contributed by atoms with Crippen molar-refractivity contribution in [2.45, 2.75) is 32.7 Å². The number of benzene rings is 2. The summed E-state index contributed by atoms with van der Waals surface area (Å²) in [5.41, 5.74) is 2.89. The zero-order valence-electron chi connectivity index (χ0n) is 15.8. The summed E-state index contributed by atoms with van der Waals surface area (Å²) in [6.07, 6.45) is 0.744. The number of carbonyl (C=O) groups excluding carboxylic acids is 2. The van der Waals surface area contributed by atoms with E-state index in [1.165, 1.54) is 11.3 Å². The number of aryl methyl sites for hydroxylation is 2. The summed E-state index contributed by atoms with van der Waals surface area (Å²) in [7, 11) is 0. The van der Waals surface area contributed by atoms with Gasteiger partial charge < -0.3 is 10.6 Å². The number of nitrogens with one attached hydrogen (secondary N) is 2. The number of nitrogens with zero attached hydrogens (tertiary/aromatic N) is 2. The van der Waals surface area contributed by atoms with Gasteiger partial charge in [0, 0.05) is 18.5 Å². The Balaban J connectivity index is 1.49. The van der Waals surface area contributed by atoms with E-state index in [0.717, 1.165) is 11.1 Å². The van der Waals surface area contributed by atoms with Crippen molar-refractivity contribution in [2.75, 3.05) is 5.32 Å². The Morgan fingerprint density at radius 3 is 2.46 bits per heavy atom. The third-order valence-corrected chi connectivity index (χ3v) is 5.20. The Morgan fingerprint density at radius 2 is 1.75 bits per heavy atom. The molecule has 6 nitrogen and oxygen atoms in total. The fourth-order valence-corrected chi connectivity index (χ4v) is 3.36. The second-order valence-electron chi connectivity index (χ2n) is 6.52. The molecule has 0 radical (unpaired) electrons. The quantitative estimate of drug-likeness (QED) is 0.636. The molecule has 2 aromatic carbocycles. The third-order valence-electron chi connectivity index (χ3n) is 4.21. The lowest BCUT2D eigenvalue weighted by molar-refractivity contribution is -0.121. The van der Waals surface area contributed by atoms with Crippen LogP contribution in [0, 0.1) is 6.92 Å². The Bertz CT molecular complexity index is 939. The summed E-state index contributed by atoms with van der Waals surface area (Å²) >= 11 is 1.21. The van der Waals surface area contributed by atoms with Gasteiger partial charge in [-0.2, -0.15) is 0 Å². The van der Waals surface area contributed by atoms with Gasteiger partial charge in [0.1, 0.15) is 5.01 Å². The van der Waals surface area contributed by atoms with Gasteiger partial charge in [0.2, 0.25) is 10.9 Å². The highest BCUT2D eigenvalue weighted by Crippen LogP contribution is 2.16. The Labute approximate surface area is 168 Å². The second-order valence-corrected chi connectivity index (χ2v) is 7.58. The molecule has 0 unspecified atom stereocenters. The minimum atomic E-state index is -0.297. The van der Waals surface area contributed by atoms with Crippen LogP contribution < -0.4 is 10.6 Å². The third kappa shape index (κ3) is 5.47. The summed E-state index contributed by atoms with van der Waals surface area (Å²) in [4.78, 5) is 24.4. The van der Waals surface area contributed by atoms with Crippen LogP contribution in [0.25, 0.3) is 0 Å². The van der Waals surface area contributed by atoms with Crippen molar-refractivity contribution >= 4 is 28.8 Å². The predicted molar refractivity (Wildman–Crippen MR) is 110 cm³/mol. The standard InChI is InChI=1S/C21H22N4O2S/c1-14-8-10-17(11-9-14)23-20(27)21-25-24-19(28-21)13-12-18(26)22-15(2)16-6-4-3-5-7-16/h3-11,15H,12-13H2,1-2H3,(H,22,26)(H,23,27)/t15-/m1/s1. The molecule has 0 spiro atoms. The highest BCUT2D eigenvalue weighted by atomic mass is 32.1. The van der Waals surface area contributed by atoms with Crippen molar-refractivity contribution in [3.8, 4) is 0 Å². The van der Waals surface area contributed by atoms with Crippen molar-refractivity contribution in [3.63, 3.8) is 0 Å². The van der Waals surface area contributed by atoms with Crippen molar-refractivity contribution in [1.82, 2.24) is 15.5 Å². The van der Waals surface area contributed by atoms with Gasteiger partial charge in [0.25, 0.3) is 5.91 Å². The Hall–Kier alpha value is -3.06. The maximum absolute atomic E-state index is 12.3. The van der Waals surface area contributed by atoms with E-state index in [9.17, 15) is 9.59 Å². The van der Waals surface area contributed by atoms with E-state index in [2.05, 4.69) is 20.8 Å². The molecule has 0 saturated carbocycles. The molecule has 0 aliphatic heterocycles. The molecule has 1 aromatic heterocycles. The van der Waals surface area contributed by atoms with E-state index >= 15 is 0 Å². The van der Waals surface area contributed by atoms with E-state index in [4.69, 9.17) is 0 Å². The number of amides is 2.